The molecule has 1 N–H and O–H groups in total. The Morgan fingerprint density at radius 2 is 2.30 bits per heavy atom. The van der Waals surface area contributed by atoms with Gasteiger partial charge in [0, 0.05) is 31.9 Å². The molecular weight excluding hydrogens is 276 g/mol. The normalized spacial score (nSPS) is 10.9. The number of nitrogens with zero attached hydrogens (tertiary/aromatic N) is 3. The van der Waals surface area contributed by atoms with Gasteiger partial charge in [0.15, 0.2) is 0 Å². The molecule has 0 unspecified atom stereocenters. The van der Waals surface area contributed by atoms with Crippen molar-refractivity contribution in [1.82, 2.24) is 14.8 Å². The number of nitrogens with one attached hydrogen (secondary N) is 1. The summed E-state index contributed by atoms with van der Waals surface area (Å²) in [6.45, 7) is 0. The first-order chi connectivity index (χ1) is 9.56. The van der Waals surface area contributed by atoms with E-state index in [1.807, 2.05) is 0 Å². The van der Waals surface area contributed by atoms with Gasteiger partial charge in [-0.3, -0.25) is 14.3 Å². The van der Waals surface area contributed by atoms with Gasteiger partial charge in [-0.15, -0.1) is 11.3 Å². The lowest BCUT2D eigenvalue weighted by atomic mass is 10.3. The average Bonchev–Trinajstić information content (AvgIpc) is 3.04. The average molecular weight is 288 g/mol. The van der Waals surface area contributed by atoms with Crippen LogP contribution in [0, 0.1) is 0 Å². The highest BCUT2D eigenvalue weighted by Crippen LogP contribution is 2.24. The van der Waals surface area contributed by atoms with Crippen molar-refractivity contribution < 1.29 is 4.79 Å². The second-order valence-electron chi connectivity index (χ2n) is 4.44. The fourth-order valence-electron chi connectivity index (χ4n) is 1.95. The Labute approximate surface area is 118 Å². The predicted octanol–water partition coefficient (Wildman–Crippen LogP) is 1.60. The van der Waals surface area contributed by atoms with E-state index in [1.54, 1.807) is 49.5 Å². The van der Waals surface area contributed by atoms with Crippen LogP contribution in [0.1, 0.15) is 9.67 Å². The van der Waals surface area contributed by atoms with Gasteiger partial charge in [0.25, 0.3) is 11.5 Å². The third-order valence-corrected chi connectivity index (χ3v) is 4.18. The van der Waals surface area contributed by atoms with E-state index >= 15 is 0 Å². The predicted molar refractivity (Wildman–Crippen MR) is 78.4 cm³/mol. The Hall–Kier alpha value is -2.41. The van der Waals surface area contributed by atoms with Gasteiger partial charge >= 0.3 is 0 Å². The number of anilines is 1. The standard InChI is InChI=1S/C13H12N4O2S/c1-16-7-9(6-15-16)17(2)13(19)10-5-8-3-4-14-12(18)11(8)20-10/h3-7H,1-2H3,(H,14,18). The highest BCUT2D eigenvalue weighted by Gasteiger charge is 2.18. The van der Waals surface area contributed by atoms with Crippen LogP contribution < -0.4 is 10.5 Å². The summed E-state index contributed by atoms with van der Waals surface area (Å²) in [5, 5.41) is 4.82. The number of amides is 1. The molecule has 0 radical (unpaired) electrons. The van der Waals surface area contributed by atoms with Crippen LogP contribution in [0.15, 0.2) is 35.5 Å². The Balaban J connectivity index is 2.00. The van der Waals surface area contributed by atoms with E-state index in [0.717, 1.165) is 5.39 Å². The van der Waals surface area contributed by atoms with Gasteiger partial charge in [0.05, 0.1) is 16.8 Å². The van der Waals surface area contributed by atoms with Crippen molar-refractivity contribution in [1.29, 1.82) is 0 Å². The minimum atomic E-state index is -0.171. The Kier molecular flexibility index (Phi) is 2.90. The first kappa shape index (κ1) is 12.6. The molecule has 3 aromatic heterocycles. The molecule has 0 aliphatic rings. The molecule has 0 spiro atoms. The van der Waals surface area contributed by atoms with Gasteiger partial charge < -0.3 is 9.88 Å². The number of pyridine rings is 1. The van der Waals surface area contributed by atoms with E-state index in [4.69, 9.17) is 0 Å². The molecule has 0 aliphatic heterocycles. The smallest absolute Gasteiger partial charge is 0.268 e. The SMILES string of the molecule is CN(C(=O)c1cc2cc[nH]c(=O)c2s1)c1cnn(C)c1. The molecule has 6 nitrogen and oxygen atoms in total. The van der Waals surface area contributed by atoms with Gasteiger partial charge in [0.2, 0.25) is 0 Å². The Morgan fingerprint density at radius 1 is 1.50 bits per heavy atom. The van der Waals surface area contributed by atoms with Crippen LogP contribution in [0.2, 0.25) is 0 Å². The number of carbonyl (C=O) groups is 1. The van der Waals surface area contributed by atoms with E-state index in [9.17, 15) is 9.59 Å². The first-order valence-corrected chi connectivity index (χ1v) is 6.76. The monoisotopic (exact) mass is 288 g/mol. The number of rotatable bonds is 2. The van der Waals surface area contributed by atoms with E-state index in [2.05, 4.69) is 10.1 Å². The van der Waals surface area contributed by atoms with Crippen molar-refractivity contribution in [2.45, 2.75) is 0 Å². The molecule has 0 aliphatic carbocycles. The molecule has 0 fully saturated rings. The van der Waals surface area contributed by atoms with Gasteiger partial charge in [0.1, 0.15) is 4.70 Å². The number of hydrogen-bond donors (Lipinski definition) is 1. The number of hydrogen-bond acceptors (Lipinski definition) is 4. The number of fused-ring (bicyclic) bond motifs is 1. The molecule has 102 valence electrons. The Bertz CT molecular complexity index is 845. The number of aryl methyl sites for hydroxylation is 1. The summed E-state index contributed by atoms with van der Waals surface area (Å²) in [5.41, 5.74) is 0.541. The molecule has 3 rings (SSSR count). The number of carbonyl (C=O) groups excluding carboxylic acids is 1. The van der Waals surface area contributed by atoms with Crippen LogP contribution in [-0.2, 0) is 7.05 Å². The second-order valence-corrected chi connectivity index (χ2v) is 5.49. The molecule has 0 atom stereocenters. The summed E-state index contributed by atoms with van der Waals surface area (Å²) < 4.78 is 2.20. The number of aromatic nitrogens is 3. The maximum atomic E-state index is 12.4. The van der Waals surface area contributed by atoms with Crippen molar-refractivity contribution in [2.24, 2.45) is 7.05 Å². The van der Waals surface area contributed by atoms with Crippen LogP contribution in [0.5, 0.6) is 0 Å². The summed E-state index contributed by atoms with van der Waals surface area (Å²) in [5.74, 6) is -0.154. The molecule has 0 aromatic carbocycles. The van der Waals surface area contributed by atoms with E-state index in [-0.39, 0.29) is 11.5 Å². The molecular formula is C13H12N4O2S. The minimum Gasteiger partial charge on any atom is -0.328 e. The van der Waals surface area contributed by atoms with Crippen LogP contribution in [-0.4, -0.2) is 27.7 Å². The van der Waals surface area contributed by atoms with Crippen molar-refractivity contribution in [3.05, 3.63) is 46.0 Å². The lowest BCUT2D eigenvalue weighted by Gasteiger charge is -2.13. The fraction of sp³-hybridized carbons (Fsp3) is 0.154. The van der Waals surface area contributed by atoms with Gasteiger partial charge in [-0.25, -0.2) is 0 Å². The molecule has 1 amide bonds. The first-order valence-electron chi connectivity index (χ1n) is 5.94. The van der Waals surface area contributed by atoms with E-state index in [0.29, 0.717) is 15.3 Å². The molecule has 20 heavy (non-hydrogen) atoms. The van der Waals surface area contributed by atoms with Crippen LogP contribution in [0.4, 0.5) is 5.69 Å². The topological polar surface area (TPSA) is 71.0 Å². The third kappa shape index (κ3) is 2.01. The maximum absolute atomic E-state index is 12.4. The number of aromatic amines is 1. The van der Waals surface area contributed by atoms with Gasteiger partial charge in [-0.2, -0.15) is 5.10 Å². The van der Waals surface area contributed by atoms with Gasteiger partial charge in [-0.1, -0.05) is 0 Å². The largest absolute Gasteiger partial charge is 0.328 e. The summed E-state index contributed by atoms with van der Waals surface area (Å²) in [4.78, 5) is 28.8. The highest BCUT2D eigenvalue weighted by molar-refractivity contribution is 7.20. The van der Waals surface area contributed by atoms with Crippen LogP contribution in [0.25, 0.3) is 10.1 Å². The summed E-state index contributed by atoms with van der Waals surface area (Å²) in [6.07, 6.45) is 4.96. The molecule has 7 heteroatoms. The molecule has 0 saturated heterocycles. The lowest BCUT2D eigenvalue weighted by Crippen LogP contribution is -2.24. The van der Waals surface area contributed by atoms with Crippen molar-refractivity contribution in [2.75, 3.05) is 11.9 Å². The molecule has 0 bridgehead atoms. The zero-order chi connectivity index (χ0) is 14.3. The number of H-pyrrole nitrogens is 1. The van der Waals surface area contributed by atoms with Crippen molar-refractivity contribution >= 4 is 33.0 Å². The minimum absolute atomic E-state index is 0.154. The van der Waals surface area contributed by atoms with Gasteiger partial charge in [-0.05, 0) is 12.1 Å². The number of thiophene rings is 1. The van der Waals surface area contributed by atoms with E-state index < -0.39 is 0 Å². The zero-order valence-electron chi connectivity index (χ0n) is 11.0. The zero-order valence-corrected chi connectivity index (χ0v) is 11.8. The summed E-state index contributed by atoms with van der Waals surface area (Å²) in [6, 6.07) is 3.53. The van der Waals surface area contributed by atoms with Crippen molar-refractivity contribution in [3.63, 3.8) is 0 Å². The Morgan fingerprint density at radius 3 is 2.95 bits per heavy atom. The van der Waals surface area contributed by atoms with Crippen LogP contribution >= 0.6 is 11.3 Å². The lowest BCUT2D eigenvalue weighted by molar-refractivity contribution is 0.0997. The summed E-state index contributed by atoms with van der Waals surface area (Å²) in [7, 11) is 3.48. The molecule has 3 aromatic rings. The molecule has 3 heterocycles. The summed E-state index contributed by atoms with van der Waals surface area (Å²) >= 11 is 1.20. The van der Waals surface area contributed by atoms with Crippen LogP contribution in [0.3, 0.4) is 0 Å². The molecule has 0 saturated carbocycles. The van der Waals surface area contributed by atoms with E-state index in [1.165, 1.54) is 16.2 Å². The fourth-order valence-corrected chi connectivity index (χ4v) is 2.97. The highest BCUT2D eigenvalue weighted by atomic mass is 32.1. The quantitative estimate of drug-likeness (QED) is 0.778. The maximum Gasteiger partial charge on any atom is 0.268 e. The second kappa shape index (κ2) is 4.61. The van der Waals surface area contributed by atoms with Crippen molar-refractivity contribution in [3.8, 4) is 0 Å². The third-order valence-electron chi connectivity index (χ3n) is 3.04.